The first-order valence-corrected chi connectivity index (χ1v) is 9.54. The summed E-state index contributed by atoms with van der Waals surface area (Å²) in [4.78, 5) is 16.3. The maximum absolute atomic E-state index is 13.0. The van der Waals surface area contributed by atoms with Gasteiger partial charge in [0.05, 0.1) is 5.56 Å². The second kappa shape index (κ2) is 7.58. The van der Waals surface area contributed by atoms with Crippen LogP contribution >= 0.6 is 0 Å². The molecule has 1 aliphatic rings. The van der Waals surface area contributed by atoms with E-state index in [1.165, 1.54) is 12.1 Å². The van der Waals surface area contributed by atoms with E-state index in [1.54, 1.807) is 4.90 Å². The molecule has 0 spiro atoms. The summed E-state index contributed by atoms with van der Waals surface area (Å²) in [6.45, 7) is 0.731. The monoisotopic (exact) mass is 455 g/mol. The Labute approximate surface area is 176 Å². The van der Waals surface area contributed by atoms with Crippen molar-refractivity contribution in [2.24, 2.45) is 0 Å². The fourth-order valence-corrected chi connectivity index (χ4v) is 3.90. The number of rotatable bonds is 2. The number of fused-ring (bicyclic) bond motifs is 1. The smallest absolute Gasteiger partial charge is 0.354 e. The van der Waals surface area contributed by atoms with E-state index in [-0.39, 0.29) is 22.9 Å². The molecule has 3 heterocycles. The number of anilines is 1. The van der Waals surface area contributed by atoms with Crippen LogP contribution in [0.5, 0.6) is 0 Å². The fourth-order valence-electron chi connectivity index (χ4n) is 3.90. The van der Waals surface area contributed by atoms with Gasteiger partial charge < -0.3 is 9.88 Å². The summed E-state index contributed by atoms with van der Waals surface area (Å²) in [5, 5.41) is 13.5. The molecule has 6 nitrogen and oxygen atoms in total. The van der Waals surface area contributed by atoms with Crippen molar-refractivity contribution >= 4 is 11.5 Å². The Morgan fingerprint density at radius 2 is 1.66 bits per heavy atom. The van der Waals surface area contributed by atoms with Crippen molar-refractivity contribution in [2.45, 2.75) is 31.1 Å². The Morgan fingerprint density at radius 1 is 1.03 bits per heavy atom. The molecule has 1 aliphatic heterocycles. The van der Waals surface area contributed by atoms with Crippen molar-refractivity contribution in [3.05, 3.63) is 63.1 Å². The third-order valence-corrected chi connectivity index (χ3v) is 5.56. The molecule has 1 saturated heterocycles. The number of nitriles is 1. The zero-order chi connectivity index (χ0) is 23.3. The summed E-state index contributed by atoms with van der Waals surface area (Å²) in [5.41, 5.74) is -2.98. The molecule has 0 aliphatic carbocycles. The molecular weight excluding hydrogens is 440 g/mol. The summed E-state index contributed by atoms with van der Waals surface area (Å²) in [7, 11) is 0. The summed E-state index contributed by atoms with van der Waals surface area (Å²) in [6.07, 6.45) is -7.71. The van der Waals surface area contributed by atoms with Gasteiger partial charge in [0.15, 0.2) is 11.5 Å². The molecule has 0 unspecified atom stereocenters. The molecular formula is C20H15F6N5O. The predicted molar refractivity (Wildman–Crippen MR) is 101 cm³/mol. The highest BCUT2D eigenvalue weighted by molar-refractivity contribution is 5.68. The lowest BCUT2D eigenvalue weighted by Crippen LogP contribution is -2.34. The first-order chi connectivity index (χ1) is 15.0. The quantitative estimate of drug-likeness (QED) is 0.584. The van der Waals surface area contributed by atoms with Gasteiger partial charge >= 0.3 is 12.4 Å². The second-order valence-electron chi connectivity index (χ2n) is 7.46. The second-order valence-corrected chi connectivity index (χ2v) is 7.46. The minimum absolute atomic E-state index is 0.0189. The Hall–Kier alpha value is -3.49. The van der Waals surface area contributed by atoms with E-state index < -0.39 is 29.0 Å². The van der Waals surface area contributed by atoms with Crippen LogP contribution in [0.1, 0.15) is 41.0 Å². The van der Waals surface area contributed by atoms with E-state index >= 15 is 0 Å². The van der Waals surface area contributed by atoms with Crippen LogP contribution < -0.4 is 10.5 Å². The van der Waals surface area contributed by atoms with Crippen LogP contribution in [0.2, 0.25) is 0 Å². The van der Waals surface area contributed by atoms with Gasteiger partial charge in [-0.2, -0.15) is 36.1 Å². The Balaban J connectivity index is 1.58. The van der Waals surface area contributed by atoms with Crippen LogP contribution in [0.25, 0.3) is 5.65 Å². The van der Waals surface area contributed by atoms with Crippen molar-refractivity contribution in [1.29, 1.82) is 5.26 Å². The SMILES string of the molecule is N#Cc1c(N2CCC(c3ccc(C(F)(F)F)cc3)CC2)nn2c(=O)c(C(F)(F)F)c[nH]c12. The standard InChI is InChI=1S/C20H15F6N5O/c21-19(22,23)13-3-1-11(2-4-13)12-5-7-30(8-6-12)17-14(9-27)16-28-10-15(20(24,25)26)18(32)31(16)29-17/h1-4,10,12,28H,5-8H2. The zero-order valence-electron chi connectivity index (χ0n) is 16.3. The predicted octanol–water partition coefficient (Wildman–Crippen LogP) is 4.32. The van der Waals surface area contributed by atoms with Crippen LogP contribution in [0, 0.1) is 11.3 Å². The Morgan fingerprint density at radius 3 is 2.19 bits per heavy atom. The van der Waals surface area contributed by atoms with Crippen LogP contribution in [0.4, 0.5) is 32.2 Å². The fraction of sp³-hybridized carbons (Fsp3) is 0.350. The number of aromatic amines is 1. The first kappa shape index (κ1) is 21.7. The highest BCUT2D eigenvalue weighted by Crippen LogP contribution is 2.35. The highest BCUT2D eigenvalue weighted by atomic mass is 19.4. The number of hydrogen-bond acceptors (Lipinski definition) is 4. The average Bonchev–Trinajstić information content (AvgIpc) is 3.12. The topological polar surface area (TPSA) is 77.2 Å². The Bertz CT molecular complexity index is 1240. The number of nitrogens with one attached hydrogen (secondary N) is 1. The van der Waals surface area contributed by atoms with E-state index in [0.29, 0.717) is 36.6 Å². The molecule has 0 saturated carbocycles. The van der Waals surface area contributed by atoms with Gasteiger partial charge in [0.2, 0.25) is 0 Å². The number of benzene rings is 1. The van der Waals surface area contributed by atoms with Crippen molar-refractivity contribution in [2.75, 3.05) is 18.0 Å². The van der Waals surface area contributed by atoms with E-state index in [9.17, 15) is 36.4 Å². The molecule has 1 N–H and O–H groups in total. The highest BCUT2D eigenvalue weighted by Gasteiger charge is 2.36. The molecule has 0 bridgehead atoms. The van der Waals surface area contributed by atoms with Gasteiger partial charge in [0, 0.05) is 19.3 Å². The summed E-state index contributed by atoms with van der Waals surface area (Å²) in [6, 6.07) is 6.81. The van der Waals surface area contributed by atoms with Gasteiger partial charge in [-0.3, -0.25) is 4.79 Å². The lowest BCUT2D eigenvalue weighted by molar-refractivity contribution is -0.139. The van der Waals surface area contributed by atoms with Crippen LogP contribution in [-0.4, -0.2) is 27.7 Å². The van der Waals surface area contributed by atoms with Gasteiger partial charge in [-0.25, -0.2) is 0 Å². The lowest BCUT2D eigenvalue weighted by atomic mass is 9.89. The summed E-state index contributed by atoms with van der Waals surface area (Å²) >= 11 is 0. The molecule has 32 heavy (non-hydrogen) atoms. The van der Waals surface area contributed by atoms with Crippen molar-refractivity contribution in [3.63, 3.8) is 0 Å². The molecule has 1 aromatic carbocycles. The third kappa shape index (κ3) is 3.79. The molecule has 3 aromatic rings. The number of alkyl halides is 6. The van der Waals surface area contributed by atoms with Gasteiger partial charge in [-0.15, -0.1) is 5.10 Å². The zero-order valence-corrected chi connectivity index (χ0v) is 16.3. The number of halogens is 6. The minimum Gasteiger partial charge on any atom is -0.354 e. The molecule has 0 amide bonds. The van der Waals surface area contributed by atoms with E-state index in [1.807, 2.05) is 6.07 Å². The molecule has 0 radical (unpaired) electrons. The molecule has 1 fully saturated rings. The molecule has 4 rings (SSSR count). The van der Waals surface area contributed by atoms with Crippen molar-refractivity contribution < 1.29 is 26.3 Å². The average molecular weight is 455 g/mol. The molecule has 2 aromatic heterocycles. The number of piperidine rings is 1. The van der Waals surface area contributed by atoms with Crippen LogP contribution in [0.3, 0.4) is 0 Å². The lowest BCUT2D eigenvalue weighted by Gasteiger charge is -2.32. The maximum atomic E-state index is 13.0. The Kier molecular flexibility index (Phi) is 5.15. The van der Waals surface area contributed by atoms with Gasteiger partial charge in [-0.05, 0) is 36.5 Å². The van der Waals surface area contributed by atoms with E-state index in [4.69, 9.17) is 0 Å². The largest absolute Gasteiger partial charge is 0.423 e. The van der Waals surface area contributed by atoms with Gasteiger partial charge in [-0.1, -0.05) is 12.1 Å². The summed E-state index contributed by atoms with van der Waals surface area (Å²) in [5.74, 6) is 0.0700. The maximum Gasteiger partial charge on any atom is 0.423 e. The van der Waals surface area contributed by atoms with Crippen molar-refractivity contribution in [3.8, 4) is 6.07 Å². The summed E-state index contributed by atoms with van der Waals surface area (Å²) < 4.78 is 77.8. The van der Waals surface area contributed by atoms with E-state index in [2.05, 4.69) is 10.1 Å². The van der Waals surface area contributed by atoms with Crippen LogP contribution in [-0.2, 0) is 12.4 Å². The van der Waals surface area contributed by atoms with E-state index in [0.717, 1.165) is 17.7 Å². The molecule has 12 heteroatoms. The van der Waals surface area contributed by atoms with Crippen molar-refractivity contribution in [1.82, 2.24) is 14.6 Å². The first-order valence-electron chi connectivity index (χ1n) is 9.54. The van der Waals surface area contributed by atoms with Crippen LogP contribution in [0.15, 0.2) is 35.3 Å². The van der Waals surface area contributed by atoms with Gasteiger partial charge in [0.1, 0.15) is 17.2 Å². The number of aromatic nitrogens is 3. The normalized spacial score (nSPS) is 15.8. The van der Waals surface area contributed by atoms with Gasteiger partial charge in [0.25, 0.3) is 5.56 Å². The number of H-pyrrole nitrogens is 1. The number of hydrogen-bond donors (Lipinski definition) is 1. The third-order valence-electron chi connectivity index (χ3n) is 5.56. The minimum atomic E-state index is -4.87. The molecule has 168 valence electrons. The molecule has 0 atom stereocenters. The number of nitrogens with zero attached hydrogens (tertiary/aromatic N) is 4.